The summed E-state index contributed by atoms with van der Waals surface area (Å²) in [5, 5.41) is 29.0. The zero-order valence-corrected chi connectivity index (χ0v) is 13.2. The predicted molar refractivity (Wildman–Crippen MR) is 80.1 cm³/mol. The van der Waals surface area contributed by atoms with Crippen molar-refractivity contribution < 1.29 is 29.6 Å². The van der Waals surface area contributed by atoms with Gasteiger partial charge in [0.25, 0.3) is 0 Å². The number of Topliss-reactive ketones (excluding diaryl/α,β-unsaturated/α-hetero) is 1. The van der Waals surface area contributed by atoms with Crippen LogP contribution in [0.25, 0.3) is 0 Å². The molecule has 2 unspecified atom stereocenters. The number of aliphatic hydroxyl groups excluding tert-OH is 3. The number of unbranched alkanes of at least 4 members (excludes halogenated alkanes) is 2. The van der Waals surface area contributed by atoms with E-state index in [4.69, 9.17) is 15.2 Å². The smallest absolute Gasteiger partial charge is 0.186 e. The SMILES string of the molecule is CC1O[C@@H](OCCCCCC(=O)CCCN)C(O)[C@@H](O)[C@H]1O. The van der Waals surface area contributed by atoms with Crippen molar-refractivity contribution in [2.24, 2.45) is 5.73 Å². The quantitative estimate of drug-likeness (QED) is 0.408. The van der Waals surface area contributed by atoms with E-state index >= 15 is 0 Å². The van der Waals surface area contributed by atoms with Crippen LogP contribution in [-0.4, -0.2) is 65.0 Å². The molecule has 0 amide bonds. The van der Waals surface area contributed by atoms with Crippen LogP contribution in [-0.2, 0) is 14.3 Å². The van der Waals surface area contributed by atoms with Crippen molar-refractivity contribution in [3.05, 3.63) is 0 Å². The van der Waals surface area contributed by atoms with E-state index < -0.39 is 30.7 Å². The van der Waals surface area contributed by atoms with Gasteiger partial charge >= 0.3 is 0 Å². The van der Waals surface area contributed by atoms with E-state index in [2.05, 4.69) is 0 Å². The van der Waals surface area contributed by atoms with Gasteiger partial charge in [-0.25, -0.2) is 0 Å². The number of nitrogens with two attached hydrogens (primary N) is 1. The summed E-state index contributed by atoms with van der Waals surface area (Å²) in [6, 6.07) is 0. The normalized spacial score (nSPS) is 32.1. The molecular formula is C15H29NO6. The van der Waals surface area contributed by atoms with Crippen LogP contribution in [0.2, 0.25) is 0 Å². The first-order valence-corrected chi connectivity index (χ1v) is 8.00. The van der Waals surface area contributed by atoms with E-state index in [1.165, 1.54) is 0 Å². The lowest BCUT2D eigenvalue weighted by atomic mass is 10.00. The Morgan fingerprint density at radius 2 is 1.73 bits per heavy atom. The van der Waals surface area contributed by atoms with Gasteiger partial charge < -0.3 is 30.5 Å². The number of carbonyl (C=O) groups is 1. The molecule has 130 valence electrons. The van der Waals surface area contributed by atoms with Crippen LogP contribution in [0.5, 0.6) is 0 Å². The predicted octanol–water partition coefficient (Wildman–Crippen LogP) is -0.301. The monoisotopic (exact) mass is 319 g/mol. The highest BCUT2D eigenvalue weighted by molar-refractivity contribution is 5.78. The van der Waals surface area contributed by atoms with E-state index in [1.807, 2.05) is 0 Å². The van der Waals surface area contributed by atoms with Crippen molar-refractivity contribution >= 4 is 5.78 Å². The molecule has 7 nitrogen and oxygen atoms in total. The Hall–Kier alpha value is -0.570. The van der Waals surface area contributed by atoms with Crippen LogP contribution < -0.4 is 5.73 Å². The summed E-state index contributed by atoms with van der Waals surface area (Å²) in [6.07, 6.45) is -0.932. The Morgan fingerprint density at radius 1 is 1.05 bits per heavy atom. The summed E-state index contributed by atoms with van der Waals surface area (Å²) in [4.78, 5) is 11.4. The van der Waals surface area contributed by atoms with Gasteiger partial charge in [-0.05, 0) is 32.7 Å². The Bertz CT molecular complexity index is 327. The lowest BCUT2D eigenvalue weighted by Crippen LogP contribution is -2.57. The largest absolute Gasteiger partial charge is 0.388 e. The molecule has 5 N–H and O–H groups in total. The molecule has 0 spiro atoms. The van der Waals surface area contributed by atoms with Crippen LogP contribution in [0.1, 0.15) is 45.4 Å². The van der Waals surface area contributed by atoms with E-state index in [1.54, 1.807) is 6.92 Å². The molecule has 1 fully saturated rings. The second-order valence-corrected chi connectivity index (χ2v) is 5.79. The summed E-state index contributed by atoms with van der Waals surface area (Å²) >= 11 is 0. The Kier molecular flexibility index (Phi) is 9.08. The van der Waals surface area contributed by atoms with Gasteiger partial charge in [0.15, 0.2) is 6.29 Å². The van der Waals surface area contributed by atoms with Crippen molar-refractivity contribution in [2.45, 2.75) is 76.2 Å². The van der Waals surface area contributed by atoms with Crippen LogP contribution >= 0.6 is 0 Å². The molecule has 0 aromatic rings. The molecule has 1 aliphatic heterocycles. The summed E-state index contributed by atoms with van der Waals surface area (Å²) in [7, 11) is 0. The third-order valence-electron chi connectivity index (χ3n) is 3.85. The standard InChI is InChI=1S/C15H29NO6/c1-10-12(18)13(19)14(20)15(22-10)21-9-4-2-3-6-11(17)7-5-8-16/h10,12-15,18-20H,2-9,16H2,1H3/t10?,12-,13-,14?,15+/m0/s1. The van der Waals surface area contributed by atoms with E-state index in [0.29, 0.717) is 26.0 Å². The fourth-order valence-electron chi connectivity index (χ4n) is 2.38. The lowest BCUT2D eigenvalue weighted by molar-refractivity contribution is -0.293. The third-order valence-corrected chi connectivity index (χ3v) is 3.85. The lowest BCUT2D eigenvalue weighted by Gasteiger charge is -2.38. The highest BCUT2D eigenvalue weighted by atomic mass is 16.7. The molecule has 1 rings (SSSR count). The first-order chi connectivity index (χ1) is 10.5. The highest BCUT2D eigenvalue weighted by Crippen LogP contribution is 2.22. The third kappa shape index (κ3) is 6.28. The van der Waals surface area contributed by atoms with Crippen molar-refractivity contribution in [3.8, 4) is 0 Å². The average Bonchev–Trinajstić information content (AvgIpc) is 2.51. The van der Waals surface area contributed by atoms with Crippen LogP contribution in [0.4, 0.5) is 0 Å². The Labute approximate surface area is 131 Å². The average molecular weight is 319 g/mol. The van der Waals surface area contributed by atoms with Crippen LogP contribution in [0, 0.1) is 0 Å². The fraction of sp³-hybridized carbons (Fsp3) is 0.933. The second kappa shape index (κ2) is 10.3. The van der Waals surface area contributed by atoms with Gasteiger partial charge in [0, 0.05) is 19.4 Å². The first-order valence-electron chi connectivity index (χ1n) is 8.00. The van der Waals surface area contributed by atoms with Gasteiger partial charge in [0.2, 0.25) is 0 Å². The van der Waals surface area contributed by atoms with Crippen LogP contribution in [0.3, 0.4) is 0 Å². The molecule has 1 aliphatic rings. The molecule has 7 heteroatoms. The number of rotatable bonds is 10. The van der Waals surface area contributed by atoms with E-state index in [9.17, 15) is 20.1 Å². The molecule has 22 heavy (non-hydrogen) atoms. The van der Waals surface area contributed by atoms with Gasteiger partial charge in [-0.3, -0.25) is 4.79 Å². The molecule has 0 aliphatic carbocycles. The number of hydrogen-bond donors (Lipinski definition) is 4. The van der Waals surface area contributed by atoms with Gasteiger partial charge in [-0.2, -0.15) is 0 Å². The molecule has 1 saturated heterocycles. The number of carbonyl (C=O) groups excluding carboxylic acids is 1. The molecular weight excluding hydrogens is 290 g/mol. The summed E-state index contributed by atoms with van der Waals surface area (Å²) in [5.41, 5.74) is 5.35. The molecule has 0 aromatic carbocycles. The van der Waals surface area contributed by atoms with Gasteiger partial charge in [-0.15, -0.1) is 0 Å². The summed E-state index contributed by atoms with van der Waals surface area (Å²) < 4.78 is 10.7. The number of aliphatic hydroxyl groups is 3. The minimum Gasteiger partial charge on any atom is -0.388 e. The summed E-state index contributed by atoms with van der Waals surface area (Å²) in [5.74, 6) is 0.239. The second-order valence-electron chi connectivity index (χ2n) is 5.79. The first kappa shape index (κ1) is 19.5. The summed E-state index contributed by atoms with van der Waals surface area (Å²) in [6.45, 7) is 2.53. The highest BCUT2D eigenvalue weighted by Gasteiger charge is 2.42. The van der Waals surface area contributed by atoms with Crippen molar-refractivity contribution in [1.29, 1.82) is 0 Å². The molecule has 0 aromatic heterocycles. The maximum atomic E-state index is 11.4. The molecule has 0 bridgehead atoms. The minimum atomic E-state index is -1.27. The number of ketones is 1. The zero-order chi connectivity index (χ0) is 16.5. The maximum Gasteiger partial charge on any atom is 0.186 e. The van der Waals surface area contributed by atoms with Gasteiger partial charge in [-0.1, -0.05) is 6.42 Å². The number of hydrogen-bond acceptors (Lipinski definition) is 7. The van der Waals surface area contributed by atoms with Crippen molar-refractivity contribution in [2.75, 3.05) is 13.2 Å². The van der Waals surface area contributed by atoms with E-state index in [-0.39, 0.29) is 5.78 Å². The van der Waals surface area contributed by atoms with Crippen molar-refractivity contribution in [1.82, 2.24) is 0 Å². The molecule has 1 heterocycles. The molecule has 0 saturated carbocycles. The van der Waals surface area contributed by atoms with E-state index in [0.717, 1.165) is 25.7 Å². The molecule has 5 atom stereocenters. The van der Waals surface area contributed by atoms with Gasteiger partial charge in [0.1, 0.15) is 24.1 Å². The fourth-order valence-corrected chi connectivity index (χ4v) is 2.38. The maximum absolute atomic E-state index is 11.4. The topological polar surface area (TPSA) is 122 Å². The van der Waals surface area contributed by atoms with Crippen molar-refractivity contribution in [3.63, 3.8) is 0 Å². The molecule has 0 radical (unpaired) electrons. The Morgan fingerprint density at radius 3 is 2.41 bits per heavy atom. The Balaban J connectivity index is 2.10. The van der Waals surface area contributed by atoms with Gasteiger partial charge in [0.05, 0.1) is 6.10 Å². The minimum absolute atomic E-state index is 0.239. The zero-order valence-electron chi connectivity index (χ0n) is 13.2. The van der Waals surface area contributed by atoms with Crippen LogP contribution in [0.15, 0.2) is 0 Å². The number of ether oxygens (including phenoxy) is 2.